The molecule has 2 nitrogen and oxygen atoms in total. The van der Waals surface area contributed by atoms with E-state index < -0.39 is 0 Å². The molecule has 0 fully saturated rings. The van der Waals surface area contributed by atoms with Crippen LogP contribution in [0.5, 0.6) is 0 Å². The van der Waals surface area contributed by atoms with Crippen LogP contribution in [0.15, 0.2) is 24.3 Å². The Hall–Kier alpha value is -0.860. The monoisotopic (exact) mass is 162 g/mol. The number of nitrogens with two attached hydrogens (primary N) is 2. The minimum absolute atomic E-state index is 0.0370. The van der Waals surface area contributed by atoms with E-state index in [9.17, 15) is 0 Å². The van der Waals surface area contributed by atoms with Crippen LogP contribution in [0, 0.1) is 0 Å². The van der Waals surface area contributed by atoms with E-state index in [1.807, 2.05) is 6.07 Å². The molecular formula is C10H14N2. The van der Waals surface area contributed by atoms with Gasteiger partial charge in [-0.3, -0.25) is 0 Å². The van der Waals surface area contributed by atoms with E-state index in [0.717, 1.165) is 12.8 Å². The van der Waals surface area contributed by atoms with Crippen molar-refractivity contribution in [3.8, 4) is 0 Å². The standard InChI is InChI=1S/C10H14N2/c11-9-6-5-7-3-1-2-4-8(7)10(9)12/h1-4,9-10H,5-6,11-12H2/t9-,10+/m0/s1. The number of aryl methyl sites for hydroxylation is 1. The Morgan fingerprint density at radius 3 is 2.75 bits per heavy atom. The summed E-state index contributed by atoms with van der Waals surface area (Å²) in [6.45, 7) is 0. The van der Waals surface area contributed by atoms with Gasteiger partial charge in [0, 0.05) is 12.1 Å². The molecule has 0 radical (unpaired) electrons. The Labute approximate surface area is 72.6 Å². The molecule has 2 heteroatoms. The van der Waals surface area contributed by atoms with Gasteiger partial charge in [-0.25, -0.2) is 0 Å². The number of hydrogen-bond acceptors (Lipinski definition) is 2. The molecule has 0 unspecified atom stereocenters. The molecule has 0 amide bonds. The molecule has 12 heavy (non-hydrogen) atoms. The second kappa shape index (κ2) is 2.88. The lowest BCUT2D eigenvalue weighted by atomic mass is 9.85. The maximum Gasteiger partial charge on any atom is 0.0451 e. The summed E-state index contributed by atoms with van der Waals surface area (Å²) in [7, 11) is 0. The summed E-state index contributed by atoms with van der Waals surface area (Å²) in [5, 5.41) is 0. The van der Waals surface area contributed by atoms with Gasteiger partial charge in [-0.1, -0.05) is 24.3 Å². The van der Waals surface area contributed by atoms with Gasteiger partial charge in [0.05, 0.1) is 0 Å². The highest BCUT2D eigenvalue weighted by Gasteiger charge is 2.22. The first-order valence-corrected chi connectivity index (χ1v) is 4.38. The normalized spacial score (nSPS) is 28.2. The molecule has 0 saturated heterocycles. The number of benzene rings is 1. The number of fused-ring (bicyclic) bond motifs is 1. The zero-order chi connectivity index (χ0) is 8.55. The topological polar surface area (TPSA) is 52.0 Å². The highest BCUT2D eigenvalue weighted by atomic mass is 14.8. The summed E-state index contributed by atoms with van der Waals surface area (Å²) in [6, 6.07) is 8.48. The van der Waals surface area contributed by atoms with Gasteiger partial charge in [0.15, 0.2) is 0 Å². The average molecular weight is 162 g/mol. The minimum atomic E-state index is 0.0370. The van der Waals surface area contributed by atoms with Crippen molar-refractivity contribution in [3.63, 3.8) is 0 Å². The van der Waals surface area contributed by atoms with Crippen molar-refractivity contribution in [2.75, 3.05) is 0 Å². The summed E-state index contributed by atoms with van der Waals surface area (Å²) in [5.74, 6) is 0. The van der Waals surface area contributed by atoms with Gasteiger partial charge < -0.3 is 11.5 Å². The third-order valence-electron chi connectivity index (χ3n) is 2.62. The van der Waals surface area contributed by atoms with Crippen LogP contribution in [0.3, 0.4) is 0 Å². The van der Waals surface area contributed by atoms with Gasteiger partial charge in [0.25, 0.3) is 0 Å². The smallest absolute Gasteiger partial charge is 0.0451 e. The molecule has 1 aromatic rings. The second-order valence-corrected chi connectivity index (χ2v) is 3.43. The summed E-state index contributed by atoms with van der Waals surface area (Å²) >= 11 is 0. The van der Waals surface area contributed by atoms with Crippen molar-refractivity contribution in [2.24, 2.45) is 11.5 Å². The zero-order valence-electron chi connectivity index (χ0n) is 7.03. The maximum absolute atomic E-state index is 5.96. The first kappa shape index (κ1) is 7.77. The van der Waals surface area contributed by atoms with Crippen molar-refractivity contribution in [1.82, 2.24) is 0 Å². The van der Waals surface area contributed by atoms with Gasteiger partial charge in [-0.2, -0.15) is 0 Å². The molecule has 0 aliphatic heterocycles. The maximum atomic E-state index is 5.96. The van der Waals surface area contributed by atoms with Crippen molar-refractivity contribution in [2.45, 2.75) is 24.9 Å². The van der Waals surface area contributed by atoms with Crippen LogP contribution < -0.4 is 11.5 Å². The van der Waals surface area contributed by atoms with Gasteiger partial charge in [-0.15, -0.1) is 0 Å². The van der Waals surface area contributed by atoms with Crippen LogP contribution in [0.4, 0.5) is 0 Å². The van der Waals surface area contributed by atoms with E-state index in [0.29, 0.717) is 0 Å². The SMILES string of the molecule is N[C@@H]1c2ccccc2CC[C@@H]1N. The fraction of sp³-hybridized carbons (Fsp3) is 0.400. The highest BCUT2D eigenvalue weighted by Crippen LogP contribution is 2.26. The predicted octanol–water partition coefficient (Wildman–Crippen LogP) is 0.960. The number of hydrogen-bond donors (Lipinski definition) is 2. The highest BCUT2D eigenvalue weighted by molar-refractivity contribution is 5.33. The summed E-state index contributed by atoms with van der Waals surface area (Å²) in [5.41, 5.74) is 14.4. The molecule has 0 aromatic heterocycles. The first-order valence-electron chi connectivity index (χ1n) is 4.38. The molecular weight excluding hydrogens is 148 g/mol. The molecule has 0 heterocycles. The van der Waals surface area contributed by atoms with Crippen LogP contribution in [-0.4, -0.2) is 6.04 Å². The van der Waals surface area contributed by atoms with Crippen LogP contribution in [0.25, 0.3) is 0 Å². The lowest BCUT2D eigenvalue weighted by Gasteiger charge is -2.27. The molecule has 0 spiro atoms. The lowest BCUT2D eigenvalue weighted by molar-refractivity contribution is 0.481. The molecule has 0 bridgehead atoms. The van der Waals surface area contributed by atoms with Gasteiger partial charge in [0.1, 0.15) is 0 Å². The van der Waals surface area contributed by atoms with Gasteiger partial charge in [0.2, 0.25) is 0 Å². The van der Waals surface area contributed by atoms with Crippen molar-refractivity contribution >= 4 is 0 Å². The van der Waals surface area contributed by atoms with E-state index in [-0.39, 0.29) is 12.1 Å². The fourth-order valence-electron chi connectivity index (χ4n) is 1.82. The second-order valence-electron chi connectivity index (χ2n) is 3.43. The first-order chi connectivity index (χ1) is 5.79. The van der Waals surface area contributed by atoms with E-state index in [2.05, 4.69) is 18.2 Å². The van der Waals surface area contributed by atoms with Gasteiger partial charge >= 0.3 is 0 Å². The summed E-state index contributed by atoms with van der Waals surface area (Å²) < 4.78 is 0. The Balaban J connectivity index is 2.42. The van der Waals surface area contributed by atoms with E-state index >= 15 is 0 Å². The fourth-order valence-corrected chi connectivity index (χ4v) is 1.82. The molecule has 1 aliphatic carbocycles. The Bertz CT molecular complexity index is 283. The van der Waals surface area contributed by atoms with E-state index in [1.165, 1.54) is 11.1 Å². The minimum Gasteiger partial charge on any atom is -0.326 e. The number of rotatable bonds is 0. The molecule has 1 aromatic carbocycles. The third-order valence-corrected chi connectivity index (χ3v) is 2.62. The van der Waals surface area contributed by atoms with E-state index in [1.54, 1.807) is 0 Å². The molecule has 2 rings (SSSR count). The van der Waals surface area contributed by atoms with Crippen molar-refractivity contribution in [1.29, 1.82) is 0 Å². The summed E-state index contributed by atoms with van der Waals surface area (Å²) in [4.78, 5) is 0. The Morgan fingerprint density at radius 2 is 1.92 bits per heavy atom. The average Bonchev–Trinajstić information content (AvgIpc) is 2.12. The Kier molecular flexibility index (Phi) is 1.87. The molecule has 1 aliphatic rings. The van der Waals surface area contributed by atoms with Crippen LogP contribution >= 0.6 is 0 Å². The molecule has 64 valence electrons. The molecule has 2 atom stereocenters. The van der Waals surface area contributed by atoms with E-state index in [4.69, 9.17) is 11.5 Å². The summed E-state index contributed by atoms with van der Waals surface area (Å²) in [6.07, 6.45) is 2.09. The molecule has 0 saturated carbocycles. The zero-order valence-corrected chi connectivity index (χ0v) is 7.03. The largest absolute Gasteiger partial charge is 0.326 e. The van der Waals surface area contributed by atoms with Crippen LogP contribution in [-0.2, 0) is 6.42 Å². The van der Waals surface area contributed by atoms with Crippen molar-refractivity contribution in [3.05, 3.63) is 35.4 Å². The quantitative estimate of drug-likeness (QED) is 0.597. The lowest BCUT2D eigenvalue weighted by Crippen LogP contribution is -2.37. The van der Waals surface area contributed by atoms with Crippen LogP contribution in [0.1, 0.15) is 23.6 Å². The molecule has 4 N–H and O–H groups in total. The Morgan fingerprint density at radius 1 is 1.17 bits per heavy atom. The van der Waals surface area contributed by atoms with Crippen molar-refractivity contribution < 1.29 is 0 Å². The predicted molar refractivity (Wildman–Crippen MR) is 49.7 cm³/mol. The van der Waals surface area contributed by atoms with Gasteiger partial charge in [-0.05, 0) is 24.0 Å². The third kappa shape index (κ3) is 1.13. The van der Waals surface area contributed by atoms with Crippen LogP contribution in [0.2, 0.25) is 0 Å².